The minimum absolute atomic E-state index is 0.260. The Bertz CT molecular complexity index is 776. The van der Waals surface area contributed by atoms with E-state index in [0.717, 1.165) is 5.56 Å². The third-order valence-electron chi connectivity index (χ3n) is 3.49. The van der Waals surface area contributed by atoms with Gasteiger partial charge in [0, 0.05) is 5.02 Å². The van der Waals surface area contributed by atoms with Gasteiger partial charge in [0.1, 0.15) is 5.75 Å². The van der Waals surface area contributed by atoms with Crippen molar-refractivity contribution in [1.82, 2.24) is 0 Å². The van der Waals surface area contributed by atoms with E-state index in [2.05, 4.69) is 5.32 Å². The van der Waals surface area contributed by atoms with Crippen molar-refractivity contribution in [2.45, 2.75) is 26.9 Å². The molecule has 2 aromatic carbocycles. The zero-order chi connectivity index (χ0) is 18.4. The molecular formula is C19H20ClNO4. The maximum atomic E-state index is 12.4. The van der Waals surface area contributed by atoms with Crippen LogP contribution in [0.2, 0.25) is 5.02 Å². The molecule has 1 N–H and O–H groups in total. The van der Waals surface area contributed by atoms with Gasteiger partial charge in [-0.15, -0.1) is 0 Å². The lowest BCUT2D eigenvalue weighted by Crippen LogP contribution is -2.30. The molecular weight excluding hydrogens is 342 g/mol. The molecule has 0 radical (unpaired) electrons. The number of carbonyl (C=O) groups is 2. The highest BCUT2D eigenvalue weighted by Crippen LogP contribution is 2.22. The van der Waals surface area contributed by atoms with Crippen LogP contribution in [0.15, 0.2) is 42.5 Å². The Morgan fingerprint density at radius 3 is 2.60 bits per heavy atom. The van der Waals surface area contributed by atoms with Crippen LogP contribution in [0.3, 0.4) is 0 Å². The van der Waals surface area contributed by atoms with E-state index in [1.54, 1.807) is 56.3 Å². The fraction of sp³-hybridized carbons (Fsp3) is 0.263. The third-order valence-corrected chi connectivity index (χ3v) is 3.92. The van der Waals surface area contributed by atoms with Crippen molar-refractivity contribution in [2.24, 2.45) is 0 Å². The van der Waals surface area contributed by atoms with Crippen LogP contribution in [0.1, 0.15) is 29.8 Å². The summed E-state index contributed by atoms with van der Waals surface area (Å²) in [6, 6.07) is 11.9. The fourth-order valence-electron chi connectivity index (χ4n) is 2.16. The number of esters is 1. The average Bonchev–Trinajstić information content (AvgIpc) is 2.58. The van der Waals surface area contributed by atoms with Crippen molar-refractivity contribution in [1.29, 1.82) is 0 Å². The van der Waals surface area contributed by atoms with Crippen LogP contribution in [-0.4, -0.2) is 24.6 Å². The maximum absolute atomic E-state index is 12.4. The summed E-state index contributed by atoms with van der Waals surface area (Å²) in [4.78, 5) is 24.3. The summed E-state index contributed by atoms with van der Waals surface area (Å²) in [5.74, 6) is -0.312. The van der Waals surface area contributed by atoms with Crippen LogP contribution >= 0.6 is 11.6 Å². The zero-order valence-corrected chi connectivity index (χ0v) is 15.1. The topological polar surface area (TPSA) is 64.6 Å². The Kier molecular flexibility index (Phi) is 6.42. The van der Waals surface area contributed by atoms with Crippen LogP contribution in [0.5, 0.6) is 5.75 Å². The highest BCUT2D eigenvalue weighted by atomic mass is 35.5. The normalized spacial score (nSPS) is 11.5. The Hall–Kier alpha value is -2.53. The number of para-hydroxylation sites is 1. The van der Waals surface area contributed by atoms with Gasteiger partial charge in [-0.25, -0.2) is 4.79 Å². The minimum Gasteiger partial charge on any atom is -0.481 e. The lowest BCUT2D eigenvalue weighted by molar-refractivity contribution is -0.122. The molecule has 0 aliphatic rings. The smallest absolute Gasteiger partial charge is 0.340 e. The second-order valence-electron chi connectivity index (χ2n) is 5.43. The predicted octanol–water partition coefficient (Wildman–Crippen LogP) is 4.23. The molecule has 25 heavy (non-hydrogen) atoms. The van der Waals surface area contributed by atoms with E-state index in [1.807, 2.05) is 6.92 Å². The second kappa shape index (κ2) is 8.53. The van der Waals surface area contributed by atoms with Crippen molar-refractivity contribution in [3.63, 3.8) is 0 Å². The first-order chi connectivity index (χ1) is 11.9. The maximum Gasteiger partial charge on any atom is 0.340 e. The Balaban J connectivity index is 2.08. The van der Waals surface area contributed by atoms with Gasteiger partial charge in [0.2, 0.25) is 0 Å². The monoisotopic (exact) mass is 361 g/mol. The molecule has 5 nitrogen and oxygen atoms in total. The van der Waals surface area contributed by atoms with E-state index in [0.29, 0.717) is 22.0 Å². The molecule has 0 heterocycles. The van der Waals surface area contributed by atoms with Gasteiger partial charge in [-0.1, -0.05) is 23.7 Å². The minimum atomic E-state index is -0.754. The number of rotatable bonds is 6. The number of halogens is 1. The lowest BCUT2D eigenvalue weighted by atomic mass is 10.1. The van der Waals surface area contributed by atoms with Gasteiger partial charge in [-0.05, 0) is 56.7 Å². The molecule has 0 bridgehead atoms. The van der Waals surface area contributed by atoms with Crippen molar-refractivity contribution >= 4 is 29.2 Å². The summed E-state index contributed by atoms with van der Waals surface area (Å²) < 4.78 is 10.6. The van der Waals surface area contributed by atoms with Gasteiger partial charge in [0.05, 0.1) is 17.9 Å². The van der Waals surface area contributed by atoms with E-state index >= 15 is 0 Å². The van der Waals surface area contributed by atoms with Crippen LogP contribution in [0, 0.1) is 6.92 Å². The summed E-state index contributed by atoms with van der Waals surface area (Å²) in [6.07, 6.45) is -0.754. The van der Waals surface area contributed by atoms with E-state index in [1.165, 1.54) is 0 Å². The first-order valence-corrected chi connectivity index (χ1v) is 8.30. The van der Waals surface area contributed by atoms with E-state index in [9.17, 15) is 9.59 Å². The summed E-state index contributed by atoms with van der Waals surface area (Å²) in [6.45, 7) is 5.47. The molecule has 6 heteroatoms. The summed E-state index contributed by atoms with van der Waals surface area (Å²) >= 11 is 5.98. The number of hydrogen-bond donors (Lipinski definition) is 1. The Labute approximate surface area is 151 Å². The van der Waals surface area contributed by atoms with Gasteiger partial charge >= 0.3 is 5.97 Å². The van der Waals surface area contributed by atoms with Crippen LogP contribution in [0.4, 0.5) is 5.69 Å². The second-order valence-corrected chi connectivity index (χ2v) is 5.83. The number of aryl methyl sites for hydroxylation is 1. The number of ether oxygens (including phenoxy) is 2. The van der Waals surface area contributed by atoms with Crippen LogP contribution in [0.25, 0.3) is 0 Å². The lowest BCUT2D eigenvalue weighted by Gasteiger charge is -2.16. The third kappa shape index (κ3) is 4.97. The molecule has 0 spiro atoms. The average molecular weight is 362 g/mol. The summed E-state index contributed by atoms with van der Waals surface area (Å²) in [5.41, 5.74) is 1.54. The standard InChI is InChI=1S/C19H20ClNO4/c1-4-24-19(23)15-7-5-6-8-17(15)21-18(22)13(3)25-14-9-10-16(20)12(2)11-14/h5-11,13H,4H2,1-3H3,(H,21,22)/t13-/m1/s1. The largest absolute Gasteiger partial charge is 0.481 e. The van der Waals surface area contributed by atoms with Gasteiger partial charge in [-0.2, -0.15) is 0 Å². The summed E-state index contributed by atoms with van der Waals surface area (Å²) in [5, 5.41) is 3.34. The zero-order valence-electron chi connectivity index (χ0n) is 14.3. The van der Waals surface area contributed by atoms with E-state index in [-0.39, 0.29) is 12.5 Å². The van der Waals surface area contributed by atoms with Crippen LogP contribution in [-0.2, 0) is 9.53 Å². The number of benzene rings is 2. The van der Waals surface area contributed by atoms with E-state index < -0.39 is 12.1 Å². The molecule has 0 unspecified atom stereocenters. The molecule has 1 amide bonds. The first kappa shape index (κ1) is 18.8. The van der Waals surface area contributed by atoms with Crippen molar-refractivity contribution < 1.29 is 19.1 Å². The number of anilines is 1. The predicted molar refractivity (Wildman–Crippen MR) is 97.3 cm³/mol. The highest BCUT2D eigenvalue weighted by molar-refractivity contribution is 6.31. The van der Waals surface area contributed by atoms with Crippen molar-refractivity contribution in [3.05, 3.63) is 58.6 Å². The molecule has 0 aliphatic heterocycles. The highest BCUT2D eigenvalue weighted by Gasteiger charge is 2.19. The molecule has 2 rings (SSSR count). The molecule has 0 aliphatic carbocycles. The number of hydrogen-bond acceptors (Lipinski definition) is 4. The van der Waals surface area contributed by atoms with E-state index in [4.69, 9.17) is 21.1 Å². The van der Waals surface area contributed by atoms with Gasteiger partial charge < -0.3 is 14.8 Å². The Morgan fingerprint density at radius 2 is 1.92 bits per heavy atom. The molecule has 0 saturated carbocycles. The number of carbonyl (C=O) groups excluding carboxylic acids is 2. The van der Waals surface area contributed by atoms with Crippen LogP contribution < -0.4 is 10.1 Å². The molecule has 2 aromatic rings. The molecule has 132 valence electrons. The molecule has 0 saturated heterocycles. The number of amides is 1. The van der Waals surface area contributed by atoms with Crippen molar-refractivity contribution in [3.8, 4) is 5.75 Å². The quantitative estimate of drug-likeness (QED) is 0.782. The van der Waals surface area contributed by atoms with Gasteiger partial charge in [0.25, 0.3) is 5.91 Å². The Morgan fingerprint density at radius 1 is 1.20 bits per heavy atom. The molecule has 0 fully saturated rings. The molecule has 0 aromatic heterocycles. The van der Waals surface area contributed by atoms with Gasteiger partial charge in [-0.3, -0.25) is 4.79 Å². The number of nitrogens with one attached hydrogen (secondary N) is 1. The fourth-order valence-corrected chi connectivity index (χ4v) is 2.28. The van der Waals surface area contributed by atoms with Gasteiger partial charge in [0.15, 0.2) is 6.10 Å². The first-order valence-electron chi connectivity index (χ1n) is 7.92. The molecule has 1 atom stereocenters. The van der Waals surface area contributed by atoms with Crippen molar-refractivity contribution in [2.75, 3.05) is 11.9 Å². The SMILES string of the molecule is CCOC(=O)c1ccccc1NC(=O)[C@@H](C)Oc1ccc(Cl)c(C)c1. The summed E-state index contributed by atoms with van der Waals surface area (Å²) in [7, 11) is 0.